The average Bonchev–Trinajstić information content (AvgIpc) is 2.66. The van der Waals surface area contributed by atoms with Crippen LogP contribution in [0.25, 0.3) is 22.1 Å². The van der Waals surface area contributed by atoms with Crippen LogP contribution in [0.4, 0.5) is 0 Å². The van der Waals surface area contributed by atoms with E-state index < -0.39 is 5.97 Å². The Morgan fingerprint density at radius 1 is 1.15 bits per heavy atom. The number of hydrogen-bond donors (Lipinski definition) is 1. The fourth-order valence-electron chi connectivity index (χ4n) is 2.74. The summed E-state index contributed by atoms with van der Waals surface area (Å²) in [4.78, 5) is 24.6. The second-order valence-corrected chi connectivity index (χ2v) is 6.10. The molecule has 0 radical (unpaired) electrons. The zero-order valence-electron chi connectivity index (χ0n) is 15.2. The summed E-state index contributed by atoms with van der Waals surface area (Å²) in [5, 5.41) is 10.3. The molecule has 0 spiro atoms. The maximum absolute atomic E-state index is 12.8. The molecule has 0 unspecified atom stereocenters. The Bertz CT molecular complexity index is 1020. The van der Waals surface area contributed by atoms with Crippen molar-refractivity contribution in [2.75, 3.05) is 7.11 Å². The molecule has 0 aliphatic rings. The van der Waals surface area contributed by atoms with Crippen LogP contribution in [0.3, 0.4) is 0 Å². The number of methoxy groups -OCH3 is 1. The normalized spacial score (nSPS) is 10.7. The lowest BCUT2D eigenvalue weighted by atomic mass is 10.0. The Morgan fingerprint density at radius 2 is 1.89 bits per heavy atom. The summed E-state index contributed by atoms with van der Waals surface area (Å²) in [6, 6.07) is 9.62. The largest absolute Gasteiger partial charge is 0.507 e. The van der Waals surface area contributed by atoms with E-state index in [1.807, 2.05) is 6.92 Å². The number of unbranched alkanes of at least 4 members (excludes halogenated alkanes) is 1. The van der Waals surface area contributed by atoms with Gasteiger partial charge in [-0.3, -0.25) is 9.59 Å². The first-order valence-electron chi connectivity index (χ1n) is 8.67. The van der Waals surface area contributed by atoms with Crippen molar-refractivity contribution >= 4 is 16.9 Å². The SMILES string of the molecule is CCCCC(=O)Oc1cc(O)c2c(=O)c(-c3ccc(OC)cc3)coc2c1. The van der Waals surface area contributed by atoms with E-state index >= 15 is 0 Å². The first kappa shape index (κ1) is 18.5. The number of phenols is 1. The molecule has 6 nitrogen and oxygen atoms in total. The van der Waals surface area contributed by atoms with Crippen LogP contribution < -0.4 is 14.9 Å². The number of benzene rings is 2. The van der Waals surface area contributed by atoms with Crippen molar-refractivity contribution in [3.63, 3.8) is 0 Å². The van der Waals surface area contributed by atoms with Crippen LogP contribution in [0.15, 0.2) is 51.9 Å². The van der Waals surface area contributed by atoms with Gasteiger partial charge < -0.3 is 19.0 Å². The van der Waals surface area contributed by atoms with Crippen LogP contribution in [-0.4, -0.2) is 18.2 Å². The molecule has 0 saturated carbocycles. The van der Waals surface area contributed by atoms with Gasteiger partial charge in [-0.15, -0.1) is 0 Å². The first-order valence-corrected chi connectivity index (χ1v) is 8.67. The van der Waals surface area contributed by atoms with Gasteiger partial charge in [0.25, 0.3) is 0 Å². The molecule has 27 heavy (non-hydrogen) atoms. The van der Waals surface area contributed by atoms with E-state index in [0.29, 0.717) is 16.9 Å². The second kappa shape index (κ2) is 7.95. The third-order valence-electron chi connectivity index (χ3n) is 4.20. The summed E-state index contributed by atoms with van der Waals surface area (Å²) >= 11 is 0. The summed E-state index contributed by atoms with van der Waals surface area (Å²) in [6.07, 6.45) is 3.21. The highest BCUT2D eigenvalue weighted by Crippen LogP contribution is 2.31. The highest BCUT2D eigenvalue weighted by Gasteiger charge is 2.16. The highest BCUT2D eigenvalue weighted by molar-refractivity contribution is 5.88. The summed E-state index contributed by atoms with van der Waals surface area (Å²) in [5.41, 5.74) is 0.729. The van der Waals surface area contributed by atoms with Crippen molar-refractivity contribution in [1.82, 2.24) is 0 Å². The van der Waals surface area contributed by atoms with E-state index in [4.69, 9.17) is 13.9 Å². The van der Waals surface area contributed by atoms with Crippen molar-refractivity contribution < 1.29 is 23.8 Å². The van der Waals surface area contributed by atoms with Crippen LogP contribution in [0, 0.1) is 0 Å². The molecule has 140 valence electrons. The number of hydrogen-bond acceptors (Lipinski definition) is 6. The molecule has 0 saturated heterocycles. The number of rotatable bonds is 6. The summed E-state index contributed by atoms with van der Waals surface area (Å²) in [5.74, 6) is 0.116. The van der Waals surface area contributed by atoms with E-state index in [1.54, 1.807) is 31.4 Å². The first-order chi connectivity index (χ1) is 13.0. The van der Waals surface area contributed by atoms with Gasteiger partial charge in [0.05, 0.1) is 12.7 Å². The van der Waals surface area contributed by atoms with E-state index in [0.717, 1.165) is 12.8 Å². The molecule has 6 heteroatoms. The molecule has 2 aromatic carbocycles. The fourth-order valence-corrected chi connectivity index (χ4v) is 2.74. The molecule has 0 aliphatic heterocycles. The Kier molecular flexibility index (Phi) is 5.45. The topological polar surface area (TPSA) is 86.0 Å². The van der Waals surface area contributed by atoms with Gasteiger partial charge in [0.15, 0.2) is 0 Å². The van der Waals surface area contributed by atoms with Gasteiger partial charge in [-0.25, -0.2) is 0 Å². The van der Waals surface area contributed by atoms with Crippen molar-refractivity contribution in [2.45, 2.75) is 26.2 Å². The van der Waals surface area contributed by atoms with Crippen LogP contribution >= 0.6 is 0 Å². The average molecular weight is 368 g/mol. The van der Waals surface area contributed by atoms with Crippen LogP contribution in [0.2, 0.25) is 0 Å². The lowest BCUT2D eigenvalue weighted by Gasteiger charge is -2.08. The lowest BCUT2D eigenvalue weighted by Crippen LogP contribution is -2.08. The Hall–Kier alpha value is -3.28. The van der Waals surface area contributed by atoms with Crippen molar-refractivity contribution in [3.8, 4) is 28.4 Å². The zero-order chi connectivity index (χ0) is 19.4. The summed E-state index contributed by atoms with van der Waals surface area (Å²) in [7, 11) is 1.56. The third-order valence-corrected chi connectivity index (χ3v) is 4.20. The fraction of sp³-hybridized carbons (Fsp3) is 0.238. The zero-order valence-corrected chi connectivity index (χ0v) is 15.2. The Morgan fingerprint density at radius 3 is 2.56 bits per heavy atom. The molecule has 3 rings (SSSR count). The molecule has 0 bridgehead atoms. The van der Waals surface area contributed by atoms with Crippen molar-refractivity contribution in [3.05, 3.63) is 52.9 Å². The van der Waals surface area contributed by atoms with Crippen molar-refractivity contribution in [1.29, 1.82) is 0 Å². The summed E-state index contributed by atoms with van der Waals surface area (Å²) in [6.45, 7) is 1.98. The standard InChI is InChI=1S/C21H20O6/c1-3-4-5-19(23)27-15-10-17(22)20-18(11-15)26-12-16(21(20)24)13-6-8-14(25-2)9-7-13/h6-12,22H,3-5H2,1-2H3. The number of phenolic OH excluding ortho intramolecular Hbond substituents is 1. The molecule has 0 amide bonds. The van der Waals surface area contributed by atoms with E-state index in [9.17, 15) is 14.7 Å². The quantitative estimate of drug-likeness (QED) is 0.516. The van der Waals surface area contributed by atoms with Gasteiger partial charge in [-0.05, 0) is 24.1 Å². The van der Waals surface area contributed by atoms with E-state index in [2.05, 4.69) is 0 Å². The number of esters is 1. The Balaban J connectivity index is 1.98. The smallest absolute Gasteiger partial charge is 0.311 e. The molecule has 3 aromatic rings. The number of aromatic hydroxyl groups is 1. The van der Waals surface area contributed by atoms with Gasteiger partial charge in [0.1, 0.15) is 34.5 Å². The van der Waals surface area contributed by atoms with Crippen LogP contribution in [0.5, 0.6) is 17.2 Å². The second-order valence-electron chi connectivity index (χ2n) is 6.10. The molecular weight excluding hydrogens is 348 g/mol. The van der Waals surface area contributed by atoms with Gasteiger partial charge in [-0.2, -0.15) is 0 Å². The van der Waals surface area contributed by atoms with E-state index in [-0.39, 0.29) is 34.3 Å². The van der Waals surface area contributed by atoms with Crippen LogP contribution in [0.1, 0.15) is 26.2 Å². The van der Waals surface area contributed by atoms with Crippen molar-refractivity contribution in [2.24, 2.45) is 0 Å². The Labute approximate surface area is 156 Å². The number of fused-ring (bicyclic) bond motifs is 1. The summed E-state index contributed by atoms with van der Waals surface area (Å²) < 4.78 is 15.9. The highest BCUT2D eigenvalue weighted by atomic mass is 16.5. The van der Waals surface area contributed by atoms with Gasteiger partial charge >= 0.3 is 5.97 Å². The molecule has 1 aromatic heterocycles. The number of ether oxygens (including phenoxy) is 2. The molecule has 0 aliphatic carbocycles. The number of carbonyl (C=O) groups is 1. The predicted octanol–water partition coefficient (Wildman–Crippen LogP) is 4.27. The van der Waals surface area contributed by atoms with E-state index in [1.165, 1.54) is 18.4 Å². The maximum Gasteiger partial charge on any atom is 0.311 e. The minimum atomic E-state index is -0.396. The number of carbonyl (C=O) groups excluding carboxylic acids is 1. The predicted molar refractivity (Wildman–Crippen MR) is 101 cm³/mol. The molecule has 1 N–H and O–H groups in total. The monoisotopic (exact) mass is 368 g/mol. The third kappa shape index (κ3) is 3.95. The lowest BCUT2D eigenvalue weighted by molar-refractivity contribution is -0.134. The minimum Gasteiger partial charge on any atom is -0.507 e. The molecule has 0 atom stereocenters. The van der Waals surface area contributed by atoms with Gasteiger partial charge in [0, 0.05) is 18.6 Å². The maximum atomic E-state index is 12.8. The molecular formula is C21H20O6. The molecule has 0 fully saturated rings. The van der Waals surface area contributed by atoms with Crippen LogP contribution in [-0.2, 0) is 4.79 Å². The minimum absolute atomic E-state index is 0.0386. The van der Waals surface area contributed by atoms with Gasteiger partial charge in [0.2, 0.25) is 5.43 Å². The van der Waals surface area contributed by atoms with Gasteiger partial charge in [-0.1, -0.05) is 25.5 Å². The molecule has 1 heterocycles.